The van der Waals surface area contributed by atoms with E-state index in [1.54, 1.807) is 0 Å². The van der Waals surface area contributed by atoms with Crippen LogP contribution in [-0.4, -0.2) is 11.1 Å². The Morgan fingerprint density at radius 2 is 1.86 bits per heavy atom. The average molecular weight is 304 g/mol. The van der Waals surface area contributed by atoms with Crippen LogP contribution >= 0.6 is 11.6 Å². The van der Waals surface area contributed by atoms with Crippen LogP contribution in [0.15, 0.2) is 42.5 Å². The molecular formula is C17H18ClNO2. The summed E-state index contributed by atoms with van der Waals surface area (Å²) in [6.45, 7) is 0.679. The lowest BCUT2D eigenvalue weighted by atomic mass is 10.2. The highest BCUT2D eigenvalue weighted by Crippen LogP contribution is 2.35. The lowest BCUT2D eigenvalue weighted by Crippen LogP contribution is -2.15. The second kappa shape index (κ2) is 6.48. The normalized spacial score (nSPS) is 14.2. The number of hydrogen-bond acceptors (Lipinski definition) is 3. The molecule has 3 rings (SSSR count). The molecular weight excluding hydrogens is 286 g/mol. The number of aliphatic hydroxyl groups is 1. The standard InChI is InChI=1S/C17H18ClNO2/c18-15-6-3-5-12(10-19-14-8-9-14)17(15)21-16-7-2-1-4-13(16)11-20/h1-7,14,19-20H,8-11H2. The van der Waals surface area contributed by atoms with Crippen LogP contribution in [0, 0.1) is 0 Å². The van der Waals surface area contributed by atoms with Crippen molar-refractivity contribution in [1.82, 2.24) is 5.32 Å². The van der Waals surface area contributed by atoms with Crippen molar-refractivity contribution < 1.29 is 9.84 Å². The molecule has 21 heavy (non-hydrogen) atoms. The van der Waals surface area contributed by atoms with Crippen LogP contribution in [-0.2, 0) is 13.2 Å². The van der Waals surface area contributed by atoms with Crippen LogP contribution in [0.1, 0.15) is 24.0 Å². The molecule has 2 N–H and O–H groups in total. The van der Waals surface area contributed by atoms with E-state index < -0.39 is 0 Å². The second-order valence-corrected chi connectivity index (χ2v) is 5.66. The molecule has 2 aromatic carbocycles. The Kier molecular flexibility index (Phi) is 4.44. The van der Waals surface area contributed by atoms with Crippen molar-refractivity contribution in [1.29, 1.82) is 0 Å². The monoisotopic (exact) mass is 303 g/mol. The Labute approximate surface area is 129 Å². The highest BCUT2D eigenvalue weighted by Gasteiger charge is 2.21. The fraction of sp³-hybridized carbons (Fsp3) is 0.294. The molecule has 3 nitrogen and oxygen atoms in total. The van der Waals surface area contributed by atoms with Crippen LogP contribution < -0.4 is 10.1 Å². The second-order valence-electron chi connectivity index (χ2n) is 5.25. The van der Waals surface area contributed by atoms with Gasteiger partial charge in [0.05, 0.1) is 11.6 Å². The third-order valence-corrected chi connectivity index (χ3v) is 3.86. The maximum absolute atomic E-state index is 9.39. The van der Waals surface area contributed by atoms with Crippen LogP contribution in [0.2, 0.25) is 5.02 Å². The first-order valence-electron chi connectivity index (χ1n) is 7.15. The van der Waals surface area contributed by atoms with Gasteiger partial charge in [-0.25, -0.2) is 0 Å². The Balaban J connectivity index is 1.85. The minimum atomic E-state index is -0.0592. The van der Waals surface area contributed by atoms with Gasteiger partial charge in [-0.1, -0.05) is 41.9 Å². The van der Waals surface area contributed by atoms with Crippen molar-refractivity contribution in [3.8, 4) is 11.5 Å². The number of rotatable bonds is 6. The summed E-state index contributed by atoms with van der Waals surface area (Å²) in [4.78, 5) is 0. The minimum absolute atomic E-state index is 0.0592. The van der Waals surface area contributed by atoms with E-state index in [4.69, 9.17) is 16.3 Å². The summed E-state index contributed by atoms with van der Waals surface area (Å²) in [6, 6.07) is 13.8. The van der Waals surface area contributed by atoms with Crippen LogP contribution in [0.3, 0.4) is 0 Å². The zero-order valence-corrected chi connectivity index (χ0v) is 12.4. The molecule has 0 heterocycles. The quantitative estimate of drug-likeness (QED) is 0.851. The molecule has 1 aliphatic carbocycles. The van der Waals surface area contributed by atoms with E-state index in [-0.39, 0.29) is 6.61 Å². The summed E-state index contributed by atoms with van der Waals surface area (Å²) in [7, 11) is 0. The first kappa shape index (κ1) is 14.4. The zero-order valence-electron chi connectivity index (χ0n) is 11.7. The smallest absolute Gasteiger partial charge is 0.150 e. The Morgan fingerprint density at radius 3 is 2.62 bits per heavy atom. The summed E-state index contributed by atoms with van der Waals surface area (Å²) >= 11 is 6.29. The molecule has 0 atom stereocenters. The van der Waals surface area contributed by atoms with Gasteiger partial charge in [-0.15, -0.1) is 0 Å². The van der Waals surface area contributed by atoms with Gasteiger partial charge in [-0.05, 0) is 25.0 Å². The number of halogens is 1. The van der Waals surface area contributed by atoms with E-state index in [1.807, 2.05) is 42.5 Å². The maximum atomic E-state index is 9.39. The van der Waals surface area contributed by atoms with Gasteiger partial charge < -0.3 is 15.2 Å². The van der Waals surface area contributed by atoms with E-state index in [9.17, 15) is 5.11 Å². The molecule has 0 bridgehead atoms. The molecule has 0 radical (unpaired) electrons. The molecule has 1 aliphatic rings. The number of nitrogens with one attached hydrogen (secondary N) is 1. The molecule has 0 spiro atoms. The lowest BCUT2D eigenvalue weighted by Gasteiger charge is -2.15. The number of benzene rings is 2. The Hall–Kier alpha value is -1.55. The van der Waals surface area contributed by atoms with E-state index >= 15 is 0 Å². The highest BCUT2D eigenvalue weighted by molar-refractivity contribution is 6.32. The summed E-state index contributed by atoms with van der Waals surface area (Å²) < 4.78 is 5.98. The van der Waals surface area contributed by atoms with Gasteiger partial charge in [0, 0.05) is 23.7 Å². The Morgan fingerprint density at radius 1 is 1.10 bits per heavy atom. The number of hydrogen-bond donors (Lipinski definition) is 2. The van der Waals surface area contributed by atoms with E-state index in [0.717, 1.165) is 17.7 Å². The largest absolute Gasteiger partial charge is 0.455 e. The minimum Gasteiger partial charge on any atom is -0.455 e. The molecule has 0 unspecified atom stereocenters. The topological polar surface area (TPSA) is 41.5 Å². The van der Waals surface area contributed by atoms with E-state index in [2.05, 4.69) is 5.32 Å². The summed E-state index contributed by atoms with van der Waals surface area (Å²) in [6.07, 6.45) is 2.48. The van der Waals surface area contributed by atoms with Crippen molar-refractivity contribution in [3.05, 3.63) is 58.6 Å². The molecule has 0 amide bonds. The van der Waals surface area contributed by atoms with Gasteiger partial charge in [0.25, 0.3) is 0 Å². The van der Waals surface area contributed by atoms with Crippen molar-refractivity contribution in [2.75, 3.05) is 0 Å². The summed E-state index contributed by atoms with van der Waals surface area (Å²) in [5, 5.41) is 13.4. The van der Waals surface area contributed by atoms with Crippen molar-refractivity contribution in [3.63, 3.8) is 0 Å². The van der Waals surface area contributed by atoms with Crippen LogP contribution in [0.4, 0.5) is 0 Å². The highest BCUT2D eigenvalue weighted by atomic mass is 35.5. The van der Waals surface area contributed by atoms with Gasteiger partial charge in [0.1, 0.15) is 5.75 Å². The van der Waals surface area contributed by atoms with Gasteiger partial charge in [-0.3, -0.25) is 0 Å². The molecule has 110 valence electrons. The molecule has 0 saturated heterocycles. The fourth-order valence-electron chi connectivity index (χ4n) is 2.19. The third kappa shape index (κ3) is 3.56. The molecule has 1 saturated carbocycles. The molecule has 1 fully saturated rings. The predicted octanol–water partition coefficient (Wildman–Crippen LogP) is 3.88. The SMILES string of the molecule is OCc1ccccc1Oc1c(Cl)cccc1CNC1CC1. The van der Waals surface area contributed by atoms with Crippen molar-refractivity contribution in [2.45, 2.75) is 32.0 Å². The Bertz CT molecular complexity index is 626. The summed E-state index contributed by atoms with van der Waals surface area (Å²) in [5.74, 6) is 1.30. The van der Waals surface area contributed by atoms with Gasteiger partial charge in [-0.2, -0.15) is 0 Å². The first-order chi connectivity index (χ1) is 10.3. The average Bonchev–Trinajstić information content (AvgIpc) is 3.32. The van der Waals surface area contributed by atoms with E-state index in [0.29, 0.717) is 22.6 Å². The summed E-state index contributed by atoms with van der Waals surface area (Å²) in [5.41, 5.74) is 1.78. The number of aliphatic hydroxyl groups excluding tert-OH is 1. The van der Waals surface area contributed by atoms with Crippen LogP contribution in [0.25, 0.3) is 0 Å². The van der Waals surface area contributed by atoms with Gasteiger partial charge in [0.15, 0.2) is 5.75 Å². The fourth-order valence-corrected chi connectivity index (χ4v) is 2.43. The predicted molar refractivity (Wildman–Crippen MR) is 83.8 cm³/mol. The van der Waals surface area contributed by atoms with Crippen molar-refractivity contribution >= 4 is 11.6 Å². The van der Waals surface area contributed by atoms with Crippen molar-refractivity contribution in [2.24, 2.45) is 0 Å². The zero-order chi connectivity index (χ0) is 14.7. The molecule has 2 aromatic rings. The van der Waals surface area contributed by atoms with Gasteiger partial charge in [0.2, 0.25) is 0 Å². The first-order valence-corrected chi connectivity index (χ1v) is 7.53. The third-order valence-electron chi connectivity index (χ3n) is 3.56. The molecule has 0 aromatic heterocycles. The maximum Gasteiger partial charge on any atom is 0.150 e. The van der Waals surface area contributed by atoms with Crippen LogP contribution in [0.5, 0.6) is 11.5 Å². The lowest BCUT2D eigenvalue weighted by molar-refractivity contribution is 0.276. The molecule has 0 aliphatic heterocycles. The van der Waals surface area contributed by atoms with Gasteiger partial charge >= 0.3 is 0 Å². The number of para-hydroxylation sites is 2. The number of ether oxygens (including phenoxy) is 1. The van der Waals surface area contributed by atoms with E-state index in [1.165, 1.54) is 12.8 Å². The molecule has 4 heteroatoms.